The number of nitrogens with one attached hydrogen (secondary N) is 1. The number of benzene rings is 1. The second kappa shape index (κ2) is 5.27. The number of halogens is 2. The highest BCUT2D eigenvalue weighted by atomic mass is 32.1. The Bertz CT molecular complexity index is 554. The van der Waals surface area contributed by atoms with E-state index >= 15 is 0 Å². The van der Waals surface area contributed by atoms with Gasteiger partial charge in [0.05, 0.1) is 10.9 Å². The second-order valence-corrected chi connectivity index (χ2v) is 4.79. The van der Waals surface area contributed by atoms with Crippen molar-refractivity contribution in [3.05, 3.63) is 57.8 Å². The fourth-order valence-electron chi connectivity index (χ4n) is 1.61. The van der Waals surface area contributed by atoms with E-state index in [1.54, 1.807) is 24.4 Å². The van der Waals surface area contributed by atoms with E-state index in [2.05, 4.69) is 5.32 Å². The normalized spacial score (nSPS) is 12.2. The summed E-state index contributed by atoms with van der Waals surface area (Å²) >= 11 is 1.31. The summed E-state index contributed by atoms with van der Waals surface area (Å²) < 4.78 is 26.3. The minimum Gasteiger partial charge on any atom is -0.345 e. The van der Waals surface area contributed by atoms with Crippen molar-refractivity contribution in [3.8, 4) is 0 Å². The van der Waals surface area contributed by atoms with Gasteiger partial charge in [0.1, 0.15) is 11.6 Å². The van der Waals surface area contributed by atoms with Gasteiger partial charge in [0, 0.05) is 11.6 Å². The smallest absolute Gasteiger partial charge is 0.261 e. The van der Waals surface area contributed by atoms with Crippen LogP contribution in [0.1, 0.15) is 28.2 Å². The lowest BCUT2D eigenvalue weighted by Gasteiger charge is -2.14. The van der Waals surface area contributed by atoms with Crippen LogP contribution in [0, 0.1) is 11.6 Å². The Hall–Kier alpha value is -1.75. The van der Waals surface area contributed by atoms with Crippen LogP contribution >= 0.6 is 11.3 Å². The number of hydrogen-bond acceptors (Lipinski definition) is 2. The molecule has 94 valence electrons. The highest BCUT2D eigenvalue weighted by molar-refractivity contribution is 7.12. The zero-order valence-electron chi connectivity index (χ0n) is 9.61. The SMILES string of the molecule is C[C@H](NC(=O)c1cccs1)c1ccc(F)cc1F. The topological polar surface area (TPSA) is 29.1 Å². The van der Waals surface area contributed by atoms with Crippen molar-refractivity contribution in [2.45, 2.75) is 13.0 Å². The van der Waals surface area contributed by atoms with Crippen molar-refractivity contribution in [2.24, 2.45) is 0 Å². The van der Waals surface area contributed by atoms with E-state index in [0.29, 0.717) is 4.88 Å². The average molecular weight is 267 g/mol. The zero-order chi connectivity index (χ0) is 13.1. The van der Waals surface area contributed by atoms with Crippen LogP contribution in [-0.2, 0) is 0 Å². The number of carbonyl (C=O) groups excluding carboxylic acids is 1. The highest BCUT2D eigenvalue weighted by Crippen LogP contribution is 2.19. The molecule has 1 atom stereocenters. The summed E-state index contributed by atoms with van der Waals surface area (Å²) in [4.78, 5) is 12.3. The van der Waals surface area contributed by atoms with Gasteiger partial charge in [-0.1, -0.05) is 12.1 Å². The standard InChI is InChI=1S/C13H11F2NOS/c1-8(10-5-4-9(14)7-11(10)15)16-13(17)12-3-2-6-18-12/h2-8H,1H3,(H,16,17)/t8-/m0/s1. The van der Waals surface area contributed by atoms with Gasteiger partial charge in [-0.05, 0) is 24.4 Å². The lowest BCUT2D eigenvalue weighted by molar-refractivity contribution is 0.0943. The number of carbonyl (C=O) groups is 1. The Balaban J connectivity index is 2.12. The third-order valence-electron chi connectivity index (χ3n) is 2.52. The molecule has 0 unspecified atom stereocenters. The van der Waals surface area contributed by atoms with Gasteiger partial charge in [0.2, 0.25) is 0 Å². The Morgan fingerprint density at radius 1 is 1.33 bits per heavy atom. The molecule has 1 amide bonds. The van der Waals surface area contributed by atoms with Gasteiger partial charge in [-0.3, -0.25) is 4.79 Å². The van der Waals surface area contributed by atoms with E-state index < -0.39 is 17.7 Å². The van der Waals surface area contributed by atoms with E-state index in [4.69, 9.17) is 0 Å². The molecule has 18 heavy (non-hydrogen) atoms. The second-order valence-electron chi connectivity index (χ2n) is 3.84. The van der Waals surface area contributed by atoms with Crippen LogP contribution in [0.3, 0.4) is 0 Å². The minimum atomic E-state index is -0.658. The lowest BCUT2D eigenvalue weighted by atomic mass is 10.1. The molecule has 1 heterocycles. The molecule has 0 bridgehead atoms. The zero-order valence-corrected chi connectivity index (χ0v) is 10.4. The molecule has 0 saturated heterocycles. The molecule has 0 aliphatic heterocycles. The Kier molecular flexibility index (Phi) is 3.72. The van der Waals surface area contributed by atoms with Gasteiger partial charge < -0.3 is 5.32 Å². The first-order valence-electron chi connectivity index (χ1n) is 5.37. The van der Waals surface area contributed by atoms with E-state index in [1.165, 1.54) is 23.5 Å². The maximum atomic E-state index is 13.5. The first-order chi connectivity index (χ1) is 8.58. The molecule has 2 nitrogen and oxygen atoms in total. The van der Waals surface area contributed by atoms with Crippen LogP contribution in [0.5, 0.6) is 0 Å². The average Bonchev–Trinajstić information content (AvgIpc) is 2.81. The van der Waals surface area contributed by atoms with E-state index in [-0.39, 0.29) is 11.5 Å². The molecule has 0 saturated carbocycles. The van der Waals surface area contributed by atoms with Crippen molar-refractivity contribution >= 4 is 17.2 Å². The molecular formula is C13H11F2NOS. The van der Waals surface area contributed by atoms with E-state index in [0.717, 1.165) is 6.07 Å². The summed E-state index contributed by atoms with van der Waals surface area (Å²) in [5.74, 6) is -1.55. The maximum absolute atomic E-state index is 13.5. The number of hydrogen-bond donors (Lipinski definition) is 1. The van der Waals surface area contributed by atoms with Crippen LogP contribution in [0.4, 0.5) is 8.78 Å². The summed E-state index contributed by atoms with van der Waals surface area (Å²) in [5, 5.41) is 4.46. The maximum Gasteiger partial charge on any atom is 0.261 e. The largest absolute Gasteiger partial charge is 0.345 e. The van der Waals surface area contributed by atoms with Crippen LogP contribution in [-0.4, -0.2) is 5.91 Å². The summed E-state index contributed by atoms with van der Waals surface area (Å²) in [6.45, 7) is 1.65. The van der Waals surface area contributed by atoms with Crippen molar-refractivity contribution in [3.63, 3.8) is 0 Å². The number of thiophene rings is 1. The van der Waals surface area contributed by atoms with Crippen molar-refractivity contribution in [2.75, 3.05) is 0 Å². The summed E-state index contributed by atoms with van der Waals surface area (Å²) in [7, 11) is 0. The van der Waals surface area contributed by atoms with Crippen LogP contribution < -0.4 is 5.32 Å². The Labute approximate surface area is 107 Å². The predicted octanol–water partition coefficient (Wildman–Crippen LogP) is 3.52. The highest BCUT2D eigenvalue weighted by Gasteiger charge is 2.15. The van der Waals surface area contributed by atoms with Gasteiger partial charge >= 0.3 is 0 Å². The van der Waals surface area contributed by atoms with E-state index in [9.17, 15) is 13.6 Å². The predicted molar refractivity (Wildman–Crippen MR) is 66.6 cm³/mol. The lowest BCUT2D eigenvalue weighted by Crippen LogP contribution is -2.26. The molecule has 1 aromatic carbocycles. The number of amides is 1. The van der Waals surface area contributed by atoms with Crippen molar-refractivity contribution in [1.29, 1.82) is 0 Å². The van der Waals surface area contributed by atoms with Crippen LogP contribution in [0.25, 0.3) is 0 Å². The molecule has 2 rings (SSSR count). The van der Waals surface area contributed by atoms with Gasteiger partial charge in [0.15, 0.2) is 0 Å². The van der Waals surface area contributed by atoms with E-state index in [1.807, 2.05) is 0 Å². The molecule has 0 radical (unpaired) electrons. The molecule has 1 aromatic heterocycles. The summed E-state index contributed by atoms with van der Waals surface area (Å²) in [6, 6.07) is 6.26. The van der Waals surface area contributed by atoms with Crippen LogP contribution in [0.2, 0.25) is 0 Å². The molecule has 1 N–H and O–H groups in total. The fraction of sp³-hybridized carbons (Fsp3) is 0.154. The molecule has 2 aromatic rings. The third-order valence-corrected chi connectivity index (χ3v) is 3.39. The van der Waals surface area contributed by atoms with Gasteiger partial charge in [-0.2, -0.15) is 0 Å². The van der Waals surface area contributed by atoms with Crippen LogP contribution in [0.15, 0.2) is 35.7 Å². The Morgan fingerprint density at radius 2 is 2.11 bits per heavy atom. The third kappa shape index (κ3) is 2.73. The summed E-state index contributed by atoms with van der Waals surface area (Å²) in [6.07, 6.45) is 0. The van der Waals surface area contributed by atoms with Gasteiger partial charge in [-0.25, -0.2) is 8.78 Å². The monoisotopic (exact) mass is 267 g/mol. The number of rotatable bonds is 3. The summed E-state index contributed by atoms with van der Waals surface area (Å²) in [5.41, 5.74) is 0.265. The van der Waals surface area contributed by atoms with Gasteiger partial charge in [-0.15, -0.1) is 11.3 Å². The molecule has 0 spiro atoms. The van der Waals surface area contributed by atoms with Gasteiger partial charge in [0.25, 0.3) is 5.91 Å². The molecule has 0 aliphatic carbocycles. The Morgan fingerprint density at radius 3 is 2.72 bits per heavy atom. The first-order valence-corrected chi connectivity index (χ1v) is 6.25. The quantitative estimate of drug-likeness (QED) is 0.905. The fourth-order valence-corrected chi connectivity index (χ4v) is 2.23. The molecule has 0 fully saturated rings. The molecule has 5 heteroatoms. The van der Waals surface area contributed by atoms with Crippen molar-refractivity contribution in [1.82, 2.24) is 5.32 Å². The van der Waals surface area contributed by atoms with Crippen molar-refractivity contribution < 1.29 is 13.6 Å². The molecular weight excluding hydrogens is 256 g/mol. The minimum absolute atomic E-state index is 0.263. The first kappa shape index (κ1) is 12.7. The molecule has 0 aliphatic rings.